The van der Waals surface area contributed by atoms with Crippen molar-refractivity contribution in [1.82, 2.24) is 10.2 Å². The number of carbonyl (C=O) groups is 2. The van der Waals surface area contributed by atoms with Crippen LogP contribution in [0.25, 0.3) is 0 Å². The highest BCUT2D eigenvalue weighted by molar-refractivity contribution is 6.30. The lowest BCUT2D eigenvalue weighted by Crippen LogP contribution is -2.51. The van der Waals surface area contributed by atoms with Gasteiger partial charge in [-0.25, -0.2) is 0 Å². The Balaban J connectivity index is 1.45. The molecule has 0 atom stereocenters. The minimum absolute atomic E-state index is 0.00440. The number of amides is 2. The summed E-state index contributed by atoms with van der Waals surface area (Å²) in [5, 5.41) is 3.46. The van der Waals surface area contributed by atoms with Crippen molar-refractivity contribution in [2.75, 3.05) is 37.6 Å². The SMILES string of the molecule is O=C(NCC(=O)N1CCN(c2ccc(Cl)cc2)CC1)C1CC1. The maximum absolute atomic E-state index is 12.1. The van der Waals surface area contributed by atoms with E-state index in [4.69, 9.17) is 11.6 Å². The second-order valence-electron chi connectivity index (χ2n) is 5.84. The molecule has 6 heteroatoms. The van der Waals surface area contributed by atoms with Crippen LogP contribution in [-0.2, 0) is 9.59 Å². The van der Waals surface area contributed by atoms with Gasteiger partial charge in [0.2, 0.25) is 11.8 Å². The lowest BCUT2D eigenvalue weighted by molar-refractivity contribution is -0.133. The normalized spacial score (nSPS) is 18.2. The molecule has 1 heterocycles. The minimum Gasteiger partial charge on any atom is -0.368 e. The Morgan fingerprint density at radius 3 is 2.32 bits per heavy atom. The summed E-state index contributed by atoms with van der Waals surface area (Å²) in [7, 11) is 0. The van der Waals surface area contributed by atoms with E-state index in [1.807, 2.05) is 29.2 Å². The molecule has 0 radical (unpaired) electrons. The Morgan fingerprint density at radius 2 is 1.73 bits per heavy atom. The molecule has 5 nitrogen and oxygen atoms in total. The number of hydrogen-bond acceptors (Lipinski definition) is 3. The molecule has 2 fully saturated rings. The second kappa shape index (κ2) is 6.57. The number of piperazine rings is 1. The standard InChI is InChI=1S/C16H20ClN3O2/c17-13-3-5-14(6-4-13)19-7-9-20(10-8-19)15(21)11-18-16(22)12-1-2-12/h3-6,12H,1-2,7-11H2,(H,18,22). The summed E-state index contributed by atoms with van der Waals surface area (Å²) in [6, 6.07) is 7.75. The summed E-state index contributed by atoms with van der Waals surface area (Å²) < 4.78 is 0. The molecule has 1 aromatic carbocycles. The quantitative estimate of drug-likeness (QED) is 0.914. The number of hydrogen-bond donors (Lipinski definition) is 1. The van der Waals surface area contributed by atoms with Crippen LogP contribution in [0.2, 0.25) is 5.02 Å². The zero-order valence-corrected chi connectivity index (χ0v) is 13.2. The molecule has 0 bridgehead atoms. The van der Waals surface area contributed by atoms with Crippen LogP contribution < -0.4 is 10.2 Å². The van der Waals surface area contributed by atoms with Gasteiger partial charge < -0.3 is 15.1 Å². The van der Waals surface area contributed by atoms with E-state index in [2.05, 4.69) is 10.2 Å². The topological polar surface area (TPSA) is 52.7 Å². The molecule has 22 heavy (non-hydrogen) atoms. The minimum atomic E-state index is 0.00440. The Kier molecular flexibility index (Phi) is 4.52. The smallest absolute Gasteiger partial charge is 0.242 e. The maximum Gasteiger partial charge on any atom is 0.242 e. The molecule has 1 saturated carbocycles. The van der Waals surface area contributed by atoms with E-state index >= 15 is 0 Å². The predicted molar refractivity (Wildman–Crippen MR) is 86.0 cm³/mol. The monoisotopic (exact) mass is 321 g/mol. The van der Waals surface area contributed by atoms with Crippen LogP contribution in [-0.4, -0.2) is 49.4 Å². The van der Waals surface area contributed by atoms with Crippen LogP contribution in [0.3, 0.4) is 0 Å². The predicted octanol–water partition coefficient (Wildman–Crippen LogP) is 1.51. The molecule has 1 N–H and O–H groups in total. The molecule has 3 rings (SSSR count). The van der Waals surface area contributed by atoms with Crippen LogP contribution in [0.1, 0.15) is 12.8 Å². The average molecular weight is 322 g/mol. The van der Waals surface area contributed by atoms with Crippen LogP contribution in [0.5, 0.6) is 0 Å². The Hall–Kier alpha value is -1.75. The summed E-state index contributed by atoms with van der Waals surface area (Å²) in [5.41, 5.74) is 1.12. The first-order valence-corrected chi connectivity index (χ1v) is 8.07. The first kappa shape index (κ1) is 15.2. The van der Waals surface area contributed by atoms with Gasteiger partial charge in [0.05, 0.1) is 6.54 Å². The van der Waals surface area contributed by atoms with Gasteiger partial charge in [-0.2, -0.15) is 0 Å². The van der Waals surface area contributed by atoms with Crippen LogP contribution in [0.4, 0.5) is 5.69 Å². The molecule has 1 aliphatic carbocycles. The average Bonchev–Trinajstić information content (AvgIpc) is 3.38. The van der Waals surface area contributed by atoms with Crippen molar-refractivity contribution in [2.24, 2.45) is 5.92 Å². The third-order valence-corrected chi connectivity index (χ3v) is 4.44. The Morgan fingerprint density at radius 1 is 1.09 bits per heavy atom. The number of nitrogens with zero attached hydrogens (tertiary/aromatic N) is 2. The number of halogens is 1. The summed E-state index contributed by atoms with van der Waals surface area (Å²) >= 11 is 5.90. The number of benzene rings is 1. The van der Waals surface area contributed by atoms with Gasteiger partial charge in [-0.05, 0) is 37.1 Å². The third-order valence-electron chi connectivity index (χ3n) is 4.19. The van der Waals surface area contributed by atoms with Crippen molar-refractivity contribution >= 4 is 29.1 Å². The molecule has 1 aromatic rings. The van der Waals surface area contributed by atoms with Gasteiger partial charge in [0.25, 0.3) is 0 Å². The van der Waals surface area contributed by atoms with E-state index in [0.717, 1.165) is 36.6 Å². The van der Waals surface area contributed by atoms with Crippen molar-refractivity contribution in [3.63, 3.8) is 0 Å². The first-order valence-electron chi connectivity index (χ1n) is 7.69. The van der Waals surface area contributed by atoms with E-state index in [1.54, 1.807) is 0 Å². The van der Waals surface area contributed by atoms with Gasteiger partial charge >= 0.3 is 0 Å². The Bertz CT molecular complexity index is 549. The number of anilines is 1. The van der Waals surface area contributed by atoms with Crippen molar-refractivity contribution < 1.29 is 9.59 Å². The van der Waals surface area contributed by atoms with Gasteiger partial charge in [-0.3, -0.25) is 9.59 Å². The van der Waals surface area contributed by atoms with E-state index in [1.165, 1.54) is 0 Å². The fourth-order valence-corrected chi connectivity index (χ4v) is 2.76. The summed E-state index contributed by atoms with van der Waals surface area (Å²) in [6.45, 7) is 3.08. The fourth-order valence-electron chi connectivity index (χ4n) is 2.63. The van der Waals surface area contributed by atoms with Gasteiger partial charge in [-0.15, -0.1) is 0 Å². The lowest BCUT2D eigenvalue weighted by Gasteiger charge is -2.36. The van der Waals surface area contributed by atoms with Crippen LogP contribution in [0, 0.1) is 5.92 Å². The van der Waals surface area contributed by atoms with Crippen molar-refractivity contribution in [3.8, 4) is 0 Å². The van der Waals surface area contributed by atoms with E-state index < -0.39 is 0 Å². The zero-order valence-electron chi connectivity index (χ0n) is 12.4. The van der Waals surface area contributed by atoms with Crippen LogP contribution >= 0.6 is 11.6 Å². The first-order chi connectivity index (χ1) is 10.6. The second-order valence-corrected chi connectivity index (χ2v) is 6.27. The van der Waals surface area contributed by atoms with E-state index in [-0.39, 0.29) is 24.3 Å². The summed E-state index contributed by atoms with van der Waals surface area (Å²) in [4.78, 5) is 27.7. The lowest BCUT2D eigenvalue weighted by atomic mass is 10.2. The number of nitrogens with one attached hydrogen (secondary N) is 1. The van der Waals surface area contributed by atoms with Crippen molar-refractivity contribution in [3.05, 3.63) is 29.3 Å². The number of carbonyl (C=O) groups excluding carboxylic acids is 2. The van der Waals surface area contributed by atoms with Gasteiger partial charge in [0, 0.05) is 42.8 Å². The van der Waals surface area contributed by atoms with Gasteiger partial charge in [-0.1, -0.05) is 11.6 Å². The highest BCUT2D eigenvalue weighted by atomic mass is 35.5. The maximum atomic E-state index is 12.1. The fraction of sp³-hybridized carbons (Fsp3) is 0.500. The largest absolute Gasteiger partial charge is 0.368 e. The summed E-state index contributed by atoms with van der Waals surface area (Å²) in [6.07, 6.45) is 1.92. The Labute approximate surface area is 135 Å². The van der Waals surface area contributed by atoms with Gasteiger partial charge in [0.15, 0.2) is 0 Å². The van der Waals surface area contributed by atoms with Crippen molar-refractivity contribution in [2.45, 2.75) is 12.8 Å². The third kappa shape index (κ3) is 3.71. The van der Waals surface area contributed by atoms with Gasteiger partial charge in [0.1, 0.15) is 0 Å². The highest BCUT2D eigenvalue weighted by Crippen LogP contribution is 2.28. The molecule has 1 saturated heterocycles. The molecule has 2 amide bonds. The zero-order chi connectivity index (χ0) is 15.5. The van der Waals surface area contributed by atoms with Crippen molar-refractivity contribution in [1.29, 1.82) is 0 Å². The van der Waals surface area contributed by atoms with E-state index in [9.17, 15) is 9.59 Å². The van der Waals surface area contributed by atoms with Crippen LogP contribution in [0.15, 0.2) is 24.3 Å². The summed E-state index contributed by atoms with van der Waals surface area (Å²) in [5.74, 6) is 0.174. The molecule has 0 aromatic heterocycles. The molecular weight excluding hydrogens is 302 g/mol. The molecule has 118 valence electrons. The highest BCUT2D eigenvalue weighted by Gasteiger charge is 2.30. The molecule has 2 aliphatic rings. The number of rotatable bonds is 4. The molecular formula is C16H20ClN3O2. The molecule has 0 unspecified atom stereocenters. The van der Waals surface area contributed by atoms with E-state index in [0.29, 0.717) is 13.1 Å². The molecule has 1 aliphatic heterocycles. The molecule has 0 spiro atoms.